The van der Waals surface area contributed by atoms with Gasteiger partial charge in [-0.25, -0.2) is 0 Å². The van der Waals surface area contributed by atoms with Crippen molar-refractivity contribution in [2.45, 2.75) is 13.5 Å². The van der Waals surface area contributed by atoms with Crippen LogP contribution in [-0.4, -0.2) is 20.3 Å². The Hall–Kier alpha value is -0.280. The van der Waals surface area contributed by atoms with Crippen molar-refractivity contribution >= 4 is 23.2 Å². The van der Waals surface area contributed by atoms with E-state index in [-0.39, 0.29) is 0 Å². The van der Waals surface area contributed by atoms with Crippen LogP contribution in [0.5, 0.6) is 0 Å². The first kappa shape index (κ1) is 13.8. The number of halogens is 2. The lowest BCUT2D eigenvalue weighted by Crippen LogP contribution is -2.23. The number of nitrogens with one attached hydrogen (secondary N) is 1. The summed E-state index contributed by atoms with van der Waals surface area (Å²) in [6, 6.07) is 5.55. The molecule has 4 heteroatoms. The lowest BCUT2D eigenvalue weighted by molar-refractivity contribution is 0.158. The normalized spacial score (nSPS) is 12.8. The Kier molecular flexibility index (Phi) is 6.14. The van der Waals surface area contributed by atoms with Gasteiger partial charge in [-0.3, -0.25) is 0 Å². The van der Waals surface area contributed by atoms with Gasteiger partial charge in [-0.1, -0.05) is 36.2 Å². The van der Waals surface area contributed by atoms with Gasteiger partial charge in [-0.05, 0) is 18.1 Å². The molecule has 1 N–H and O–H groups in total. The average Bonchev–Trinajstić information content (AvgIpc) is 2.23. The van der Waals surface area contributed by atoms with Gasteiger partial charge in [-0.15, -0.1) is 0 Å². The van der Waals surface area contributed by atoms with Crippen LogP contribution in [0, 0.1) is 5.92 Å². The molecule has 1 unspecified atom stereocenters. The van der Waals surface area contributed by atoms with Crippen LogP contribution >= 0.6 is 23.2 Å². The predicted molar refractivity (Wildman–Crippen MR) is 69.2 cm³/mol. The fraction of sp³-hybridized carbons (Fsp3) is 0.500. The maximum Gasteiger partial charge on any atom is 0.0499 e. The molecular formula is C12H17Cl2NO. The molecule has 0 aliphatic rings. The first-order chi connectivity index (χ1) is 7.65. The van der Waals surface area contributed by atoms with Crippen LogP contribution in [0.15, 0.2) is 18.2 Å². The van der Waals surface area contributed by atoms with Gasteiger partial charge in [0.1, 0.15) is 0 Å². The van der Waals surface area contributed by atoms with Crippen molar-refractivity contribution in [1.29, 1.82) is 0 Å². The lowest BCUT2D eigenvalue weighted by Gasteiger charge is -2.12. The number of methoxy groups -OCH3 is 1. The number of benzene rings is 1. The van der Waals surface area contributed by atoms with Crippen molar-refractivity contribution in [1.82, 2.24) is 5.32 Å². The van der Waals surface area contributed by atoms with E-state index in [9.17, 15) is 0 Å². The summed E-state index contributed by atoms with van der Waals surface area (Å²) in [5.74, 6) is 0.478. The van der Waals surface area contributed by atoms with Gasteiger partial charge in [0.05, 0.1) is 0 Å². The van der Waals surface area contributed by atoms with E-state index in [0.29, 0.717) is 22.5 Å². The number of rotatable bonds is 6. The molecule has 0 saturated carbocycles. The summed E-state index contributed by atoms with van der Waals surface area (Å²) in [6.45, 7) is 4.45. The second kappa shape index (κ2) is 7.13. The van der Waals surface area contributed by atoms with Crippen LogP contribution in [0.3, 0.4) is 0 Å². The summed E-state index contributed by atoms with van der Waals surface area (Å²) < 4.78 is 5.06. The van der Waals surface area contributed by atoms with Crippen LogP contribution in [0.2, 0.25) is 10.0 Å². The van der Waals surface area contributed by atoms with Crippen LogP contribution in [-0.2, 0) is 11.3 Å². The molecule has 90 valence electrons. The van der Waals surface area contributed by atoms with Crippen LogP contribution in [0.25, 0.3) is 0 Å². The predicted octanol–water partition coefficient (Wildman–Crippen LogP) is 3.37. The standard InChI is InChI=1S/C12H17Cl2NO/c1-9(8-16-2)6-15-7-10-11(13)4-3-5-12(10)14/h3-5,9,15H,6-8H2,1-2H3. The molecule has 0 spiro atoms. The molecule has 0 aromatic heterocycles. The molecule has 0 heterocycles. The fourth-order valence-corrected chi connectivity index (χ4v) is 2.02. The minimum absolute atomic E-state index is 0.478. The molecule has 1 aromatic rings. The zero-order valence-corrected chi connectivity index (χ0v) is 11.1. The zero-order valence-electron chi connectivity index (χ0n) is 9.59. The molecule has 2 nitrogen and oxygen atoms in total. The Labute approximate surface area is 107 Å². The number of ether oxygens (including phenoxy) is 1. The van der Waals surface area contributed by atoms with E-state index >= 15 is 0 Å². The van der Waals surface area contributed by atoms with Crippen molar-refractivity contribution in [2.75, 3.05) is 20.3 Å². The Morgan fingerprint density at radius 1 is 1.31 bits per heavy atom. The topological polar surface area (TPSA) is 21.3 Å². The lowest BCUT2D eigenvalue weighted by atomic mass is 10.2. The van der Waals surface area contributed by atoms with Crippen molar-refractivity contribution in [3.63, 3.8) is 0 Å². The minimum atomic E-state index is 0.478. The molecule has 0 aliphatic heterocycles. The molecule has 0 saturated heterocycles. The Morgan fingerprint density at radius 3 is 2.50 bits per heavy atom. The molecule has 0 aliphatic carbocycles. The van der Waals surface area contributed by atoms with E-state index in [4.69, 9.17) is 27.9 Å². The Balaban J connectivity index is 2.43. The first-order valence-corrected chi connectivity index (χ1v) is 6.03. The third-order valence-corrected chi connectivity index (χ3v) is 3.02. The second-order valence-corrected chi connectivity index (χ2v) is 4.71. The third kappa shape index (κ3) is 4.30. The van der Waals surface area contributed by atoms with Gasteiger partial charge >= 0.3 is 0 Å². The Morgan fingerprint density at radius 2 is 1.94 bits per heavy atom. The summed E-state index contributed by atoms with van der Waals surface area (Å²) in [7, 11) is 1.71. The van der Waals surface area contributed by atoms with Crippen molar-refractivity contribution in [3.05, 3.63) is 33.8 Å². The molecule has 0 amide bonds. The molecule has 1 atom stereocenters. The summed E-state index contributed by atoms with van der Waals surface area (Å²) in [5.41, 5.74) is 0.954. The van der Waals surface area contributed by atoms with Crippen LogP contribution in [0.4, 0.5) is 0 Å². The molecule has 1 rings (SSSR count). The van der Waals surface area contributed by atoms with Gasteiger partial charge in [-0.2, -0.15) is 0 Å². The van der Waals surface area contributed by atoms with E-state index in [1.54, 1.807) is 7.11 Å². The van der Waals surface area contributed by atoms with Gasteiger partial charge in [0.2, 0.25) is 0 Å². The third-order valence-electron chi connectivity index (χ3n) is 2.31. The highest BCUT2D eigenvalue weighted by Gasteiger charge is 2.06. The SMILES string of the molecule is COCC(C)CNCc1c(Cl)cccc1Cl. The molecule has 0 radical (unpaired) electrons. The monoisotopic (exact) mass is 261 g/mol. The first-order valence-electron chi connectivity index (χ1n) is 5.27. The highest BCUT2D eigenvalue weighted by molar-refractivity contribution is 6.35. The van der Waals surface area contributed by atoms with E-state index in [1.165, 1.54) is 0 Å². The van der Waals surface area contributed by atoms with Gasteiger partial charge in [0.15, 0.2) is 0 Å². The quantitative estimate of drug-likeness (QED) is 0.848. The van der Waals surface area contributed by atoms with Gasteiger partial charge in [0.25, 0.3) is 0 Å². The molecule has 0 fully saturated rings. The zero-order chi connectivity index (χ0) is 12.0. The molecule has 16 heavy (non-hydrogen) atoms. The smallest absolute Gasteiger partial charge is 0.0499 e. The van der Waals surface area contributed by atoms with E-state index < -0.39 is 0 Å². The van der Waals surface area contributed by atoms with Crippen LogP contribution in [0.1, 0.15) is 12.5 Å². The highest BCUT2D eigenvalue weighted by Crippen LogP contribution is 2.23. The molecule has 0 bridgehead atoms. The van der Waals surface area contributed by atoms with Crippen molar-refractivity contribution in [2.24, 2.45) is 5.92 Å². The van der Waals surface area contributed by atoms with E-state index in [2.05, 4.69) is 12.2 Å². The summed E-state index contributed by atoms with van der Waals surface area (Å²) in [4.78, 5) is 0. The van der Waals surface area contributed by atoms with Crippen molar-refractivity contribution < 1.29 is 4.74 Å². The molecule has 1 aromatic carbocycles. The fourth-order valence-electron chi connectivity index (χ4n) is 1.49. The minimum Gasteiger partial charge on any atom is -0.384 e. The van der Waals surface area contributed by atoms with E-state index in [0.717, 1.165) is 18.7 Å². The number of hydrogen-bond donors (Lipinski definition) is 1. The van der Waals surface area contributed by atoms with Crippen LogP contribution < -0.4 is 5.32 Å². The Bertz CT molecular complexity index is 311. The summed E-state index contributed by atoms with van der Waals surface area (Å²) in [6.07, 6.45) is 0. The number of hydrogen-bond acceptors (Lipinski definition) is 2. The van der Waals surface area contributed by atoms with Gasteiger partial charge in [0, 0.05) is 42.4 Å². The summed E-state index contributed by atoms with van der Waals surface area (Å²) in [5, 5.41) is 4.73. The van der Waals surface area contributed by atoms with E-state index in [1.807, 2.05) is 18.2 Å². The average molecular weight is 262 g/mol. The molecular weight excluding hydrogens is 245 g/mol. The maximum atomic E-state index is 6.06. The largest absolute Gasteiger partial charge is 0.384 e. The highest BCUT2D eigenvalue weighted by atomic mass is 35.5. The second-order valence-electron chi connectivity index (χ2n) is 3.89. The van der Waals surface area contributed by atoms with Crippen molar-refractivity contribution in [3.8, 4) is 0 Å². The van der Waals surface area contributed by atoms with Gasteiger partial charge < -0.3 is 10.1 Å². The summed E-state index contributed by atoms with van der Waals surface area (Å²) >= 11 is 12.1. The maximum absolute atomic E-state index is 6.06.